The summed E-state index contributed by atoms with van der Waals surface area (Å²) in [5, 5.41) is 9.61. The van der Waals surface area contributed by atoms with Gasteiger partial charge in [-0.1, -0.05) is 31.9 Å². The van der Waals surface area contributed by atoms with Crippen molar-refractivity contribution >= 4 is 15.7 Å². The van der Waals surface area contributed by atoms with Gasteiger partial charge in [-0.3, -0.25) is 4.72 Å². The lowest BCUT2D eigenvalue weighted by molar-refractivity contribution is 0.217. The molecule has 1 aromatic carbocycles. The third-order valence-electron chi connectivity index (χ3n) is 8.35. The second-order valence-electron chi connectivity index (χ2n) is 10.1. The molecule has 0 amide bonds. The van der Waals surface area contributed by atoms with E-state index in [9.17, 15) is 13.7 Å². The second kappa shape index (κ2) is 9.32. The van der Waals surface area contributed by atoms with Crippen LogP contribution < -0.4 is 4.72 Å². The SMILES string of the molecule is CCC1(c2cccc(NS(=O)(=O)CCOC)c2)C2CN(CCCC3(C#N)CCCC3)CC21. The molecule has 2 aliphatic carbocycles. The van der Waals surface area contributed by atoms with Gasteiger partial charge in [-0.25, -0.2) is 8.42 Å². The highest BCUT2D eigenvalue weighted by Gasteiger charge is 2.67. The quantitative estimate of drug-likeness (QED) is 0.538. The van der Waals surface area contributed by atoms with Crippen LogP contribution in [0.4, 0.5) is 5.69 Å². The average molecular weight is 460 g/mol. The summed E-state index contributed by atoms with van der Waals surface area (Å²) >= 11 is 0. The Balaban J connectivity index is 1.34. The van der Waals surface area contributed by atoms with E-state index in [0.29, 0.717) is 17.5 Å². The van der Waals surface area contributed by atoms with Crippen LogP contribution in [-0.4, -0.2) is 52.4 Å². The van der Waals surface area contributed by atoms with Crippen LogP contribution in [0.1, 0.15) is 57.4 Å². The predicted molar refractivity (Wildman–Crippen MR) is 127 cm³/mol. The van der Waals surface area contributed by atoms with Crippen LogP contribution in [0, 0.1) is 28.6 Å². The minimum Gasteiger partial charge on any atom is -0.384 e. The number of methoxy groups -OCH3 is 1. The van der Waals surface area contributed by atoms with E-state index in [2.05, 4.69) is 28.7 Å². The van der Waals surface area contributed by atoms with Gasteiger partial charge in [0.2, 0.25) is 10.0 Å². The van der Waals surface area contributed by atoms with Crippen LogP contribution in [-0.2, 0) is 20.2 Å². The molecule has 6 nitrogen and oxygen atoms in total. The molecule has 3 fully saturated rings. The Hall–Kier alpha value is -1.62. The molecule has 3 aliphatic rings. The summed E-state index contributed by atoms with van der Waals surface area (Å²) in [6.07, 6.45) is 7.82. The Labute approximate surface area is 193 Å². The highest BCUT2D eigenvalue weighted by atomic mass is 32.2. The fraction of sp³-hybridized carbons (Fsp3) is 0.720. The molecule has 2 atom stereocenters. The number of sulfonamides is 1. The largest absolute Gasteiger partial charge is 0.384 e. The number of anilines is 1. The molecule has 4 rings (SSSR count). The summed E-state index contributed by atoms with van der Waals surface area (Å²) in [6.45, 7) is 5.76. The maximum atomic E-state index is 12.3. The van der Waals surface area contributed by atoms with Crippen molar-refractivity contribution in [3.05, 3.63) is 29.8 Å². The molecular formula is C25H37N3O3S. The Morgan fingerprint density at radius 1 is 1.25 bits per heavy atom. The van der Waals surface area contributed by atoms with Crippen molar-refractivity contribution < 1.29 is 13.2 Å². The number of rotatable bonds is 11. The summed E-state index contributed by atoms with van der Waals surface area (Å²) in [6, 6.07) is 10.6. The first-order valence-electron chi connectivity index (χ1n) is 12.1. The summed E-state index contributed by atoms with van der Waals surface area (Å²) in [4.78, 5) is 2.58. The molecule has 176 valence electrons. The van der Waals surface area contributed by atoms with Crippen molar-refractivity contribution in [1.29, 1.82) is 5.26 Å². The standard InChI is InChI=1S/C25H37N3O3S/c1-3-25(20-8-6-9-21(16-20)27-32(29,30)15-14-31-2)22-17-28(18-23(22)25)13-7-12-24(19-26)10-4-5-11-24/h6,8-9,16,22-23,27H,3-5,7,10-15,17-18H2,1-2H3. The van der Waals surface area contributed by atoms with E-state index in [-0.39, 0.29) is 23.2 Å². The van der Waals surface area contributed by atoms with Crippen molar-refractivity contribution in [1.82, 2.24) is 4.90 Å². The predicted octanol–water partition coefficient (Wildman–Crippen LogP) is 4.15. The first kappa shape index (κ1) is 23.5. The first-order chi connectivity index (χ1) is 15.4. The summed E-state index contributed by atoms with van der Waals surface area (Å²) in [7, 11) is -1.90. The number of nitrogens with zero attached hydrogens (tertiary/aromatic N) is 2. The number of piperidine rings is 1. The Morgan fingerprint density at radius 2 is 1.97 bits per heavy atom. The Bertz CT molecular complexity index is 937. The van der Waals surface area contributed by atoms with Gasteiger partial charge in [0.05, 0.1) is 23.8 Å². The topological polar surface area (TPSA) is 82.4 Å². The fourth-order valence-electron chi connectivity index (χ4n) is 6.56. The van der Waals surface area contributed by atoms with E-state index < -0.39 is 10.0 Å². The molecule has 0 spiro atoms. The zero-order valence-corrected chi connectivity index (χ0v) is 20.3. The van der Waals surface area contributed by atoms with Gasteiger partial charge >= 0.3 is 0 Å². The normalized spacial score (nSPS) is 28.9. The zero-order valence-electron chi connectivity index (χ0n) is 19.5. The first-order valence-corrected chi connectivity index (χ1v) is 13.8. The van der Waals surface area contributed by atoms with Gasteiger partial charge in [0.1, 0.15) is 0 Å². The van der Waals surface area contributed by atoms with Crippen LogP contribution in [0.25, 0.3) is 0 Å². The Morgan fingerprint density at radius 3 is 2.59 bits per heavy atom. The molecule has 0 radical (unpaired) electrons. The minimum absolute atomic E-state index is 0.0417. The molecule has 2 saturated carbocycles. The summed E-state index contributed by atoms with van der Waals surface area (Å²) in [5.41, 5.74) is 2.03. The van der Waals surface area contributed by atoms with Crippen LogP contribution in [0.5, 0.6) is 0 Å². The van der Waals surface area contributed by atoms with Gasteiger partial charge in [-0.05, 0) is 68.2 Å². The van der Waals surface area contributed by atoms with E-state index in [4.69, 9.17) is 4.74 Å². The smallest absolute Gasteiger partial charge is 0.234 e. The lowest BCUT2D eigenvalue weighted by Gasteiger charge is -2.28. The van der Waals surface area contributed by atoms with E-state index in [1.54, 1.807) is 0 Å². The van der Waals surface area contributed by atoms with Crippen LogP contribution >= 0.6 is 0 Å². The van der Waals surface area contributed by atoms with Crippen molar-refractivity contribution in [2.24, 2.45) is 17.3 Å². The third kappa shape index (κ3) is 4.55. The number of nitriles is 1. The molecule has 1 heterocycles. The van der Waals surface area contributed by atoms with Gasteiger partial charge < -0.3 is 9.64 Å². The molecule has 0 aromatic heterocycles. The van der Waals surface area contributed by atoms with Gasteiger partial charge in [0.25, 0.3) is 0 Å². The Kier molecular flexibility index (Phi) is 6.86. The number of hydrogen-bond donors (Lipinski definition) is 1. The molecule has 1 aliphatic heterocycles. The average Bonchev–Trinajstić information content (AvgIpc) is 3.11. The summed E-state index contributed by atoms with van der Waals surface area (Å²) < 4.78 is 32.2. The molecular weight excluding hydrogens is 422 g/mol. The van der Waals surface area contributed by atoms with Crippen LogP contribution in [0.2, 0.25) is 0 Å². The number of nitrogens with one attached hydrogen (secondary N) is 1. The monoisotopic (exact) mass is 459 g/mol. The lowest BCUT2D eigenvalue weighted by atomic mass is 9.83. The van der Waals surface area contributed by atoms with Gasteiger partial charge in [-0.2, -0.15) is 5.26 Å². The molecule has 7 heteroatoms. The molecule has 1 aromatic rings. The maximum Gasteiger partial charge on any atom is 0.234 e. The van der Waals surface area contributed by atoms with Gasteiger partial charge in [0.15, 0.2) is 0 Å². The van der Waals surface area contributed by atoms with Gasteiger partial charge in [0, 0.05) is 31.3 Å². The molecule has 1 N–H and O–H groups in total. The van der Waals surface area contributed by atoms with Crippen molar-refractivity contribution in [2.75, 3.05) is 43.8 Å². The maximum absolute atomic E-state index is 12.3. The van der Waals surface area contributed by atoms with E-state index in [1.165, 1.54) is 25.5 Å². The van der Waals surface area contributed by atoms with Gasteiger partial charge in [-0.15, -0.1) is 0 Å². The van der Waals surface area contributed by atoms with Crippen molar-refractivity contribution in [3.8, 4) is 6.07 Å². The lowest BCUT2D eigenvalue weighted by Crippen LogP contribution is -2.31. The molecule has 0 bridgehead atoms. The van der Waals surface area contributed by atoms with E-state index in [1.807, 2.05) is 18.2 Å². The van der Waals surface area contributed by atoms with Crippen molar-refractivity contribution in [3.63, 3.8) is 0 Å². The summed E-state index contributed by atoms with van der Waals surface area (Å²) in [5.74, 6) is 1.24. The van der Waals surface area contributed by atoms with E-state index >= 15 is 0 Å². The fourth-order valence-corrected chi connectivity index (χ4v) is 7.54. The molecule has 1 saturated heterocycles. The second-order valence-corrected chi connectivity index (χ2v) is 11.9. The third-order valence-corrected chi connectivity index (χ3v) is 9.60. The highest BCUT2D eigenvalue weighted by Crippen LogP contribution is 2.65. The van der Waals surface area contributed by atoms with Crippen LogP contribution in [0.15, 0.2) is 24.3 Å². The number of benzene rings is 1. The van der Waals surface area contributed by atoms with Crippen molar-refractivity contribution in [2.45, 2.75) is 57.3 Å². The molecule has 32 heavy (non-hydrogen) atoms. The number of ether oxygens (including phenoxy) is 1. The zero-order chi connectivity index (χ0) is 22.8. The highest BCUT2D eigenvalue weighted by molar-refractivity contribution is 7.92. The molecule has 2 unspecified atom stereocenters. The number of fused-ring (bicyclic) bond motifs is 1. The number of hydrogen-bond acceptors (Lipinski definition) is 5. The minimum atomic E-state index is -3.40. The number of likely N-dealkylation sites (tertiary alicyclic amines) is 1. The van der Waals surface area contributed by atoms with E-state index in [0.717, 1.165) is 51.7 Å². The van der Waals surface area contributed by atoms with Crippen LogP contribution in [0.3, 0.4) is 0 Å².